The molecule has 0 radical (unpaired) electrons. The van der Waals surface area contributed by atoms with E-state index >= 15 is 0 Å². The van der Waals surface area contributed by atoms with E-state index in [0.717, 1.165) is 12.8 Å². The Kier molecular flexibility index (Phi) is 5.19. The van der Waals surface area contributed by atoms with E-state index < -0.39 is 0 Å². The molecule has 82 valence electrons. The van der Waals surface area contributed by atoms with Gasteiger partial charge in [0, 0.05) is 12.8 Å². The molecule has 0 aromatic carbocycles. The van der Waals surface area contributed by atoms with Crippen molar-refractivity contribution in [2.24, 2.45) is 5.41 Å². The highest BCUT2D eigenvalue weighted by atomic mass is 14.4. The summed E-state index contributed by atoms with van der Waals surface area (Å²) in [5, 5.41) is 17.8. The number of hydrogen-bond donors (Lipinski definition) is 0. The van der Waals surface area contributed by atoms with E-state index in [2.05, 4.69) is 12.1 Å². The van der Waals surface area contributed by atoms with Gasteiger partial charge in [0.05, 0.1) is 12.1 Å². The van der Waals surface area contributed by atoms with Gasteiger partial charge < -0.3 is 0 Å². The molecule has 0 saturated heterocycles. The van der Waals surface area contributed by atoms with Crippen molar-refractivity contribution in [2.75, 3.05) is 0 Å². The van der Waals surface area contributed by atoms with Crippen LogP contribution in [0.3, 0.4) is 0 Å². The summed E-state index contributed by atoms with van der Waals surface area (Å²) in [6.07, 6.45) is 10.9. The Morgan fingerprint density at radius 3 is 1.53 bits per heavy atom. The molecule has 1 aliphatic carbocycles. The van der Waals surface area contributed by atoms with E-state index in [0.29, 0.717) is 12.8 Å². The summed E-state index contributed by atoms with van der Waals surface area (Å²) in [6.45, 7) is 0. The van der Waals surface area contributed by atoms with Gasteiger partial charge in [-0.1, -0.05) is 38.5 Å². The SMILES string of the molecule is N#CCC1(CC#N)CCCCCCCC1. The van der Waals surface area contributed by atoms with Crippen LogP contribution in [0.5, 0.6) is 0 Å². The minimum absolute atomic E-state index is 0.0217. The van der Waals surface area contributed by atoms with Gasteiger partial charge in [-0.25, -0.2) is 0 Å². The average Bonchev–Trinajstić information content (AvgIpc) is 2.32. The average molecular weight is 204 g/mol. The Hall–Kier alpha value is -1.02. The Balaban J connectivity index is 2.63. The van der Waals surface area contributed by atoms with Gasteiger partial charge in [0.1, 0.15) is 0 Å². The van der Waals surface area contributed by atoms with Gasteiger partial charge in [0.2, 0.25) is 0 Å². The van der Waals surface area contributed by atoms with Crippen molar-refractivity contribution >= 4 is 0 Å². The van der Waals surface area contributed by atoms with Gasteiger partial charge >= 0.3 is 0 Å². The topological polar surface area (TPSA) is 47.6 Å². The molecule has 0 spiro atoms. The zero-order chi connectivity index (χ0) is 11.0. The predicted molar refractivity (Wildman–Crippen MR) is 59.8 cm³/mol. The van der Waals surface area contributed by atoms with Crippen LogP contribution in [-0.2, 0) is 0 Å². The minimum Gasteiger partial charge on any atom is -0.198 e. The van der Waals surface area contributed by atoms with Crippen LogP contribution in [0.15, 0.2) is 0 Å². The summed E-state index contributed by atoms with van der Waals surface area (Å²) < 4.78 is 0. The predicted octanol–water partition coefficient (Wildman–Crippen LogP) is 3.93. The van der Waals surface area contributed by atoms with Crippen LogP contribution < -0.4 is 0 Å². The van der Waals surface area contributed by atoms with E-state index in [9.17, 15) is 0 Å². The van der Waals surface area contributed by atoms with E-state index in [1.54, 1.807) is 0 Å². The van der Waals surface area contributed by atoms with Gasteiger partial charge in [0.15, 0.2) is 0 Å². The smallest absolute Gasteiger partial charge is 0.0627 e. The summed E-state index contributed by atoms with van der Waals surface area (Å²) in [6, 6.07) is 4.56. The molecule has 15 heavy (non-hydrogen) atoms. The normalized spacial score (nSPS) is 21.5. The first-order valence-electron chi connectivity index (χ1n) is 6.07. The lowest BCUT2D eigenvalue weighted by Gasteiger charge is -2.28. The van der Waals surface area contributed by atoms with Gasteiger partial charge in [0.25, 0.3) is 0 Å². The highest BCUT2D eigenvalue weighted by Gasteiger charge is 2.29. The Labute approximate surface area is 92.9 Å². The molecule has 2 nitrogen and oxygen atoms in total. The van der Waals surface area contributed by atoms with Crippen LogP contribution in [0.25, 0.3) is 0 Å². The zero-order valence-electron chi connectivity index (χ0n) is 9.47. The molecule has 0 heterocycles. The van der Waals surface area contributed by atoms with Crippen molar-refractivity contribution in [3.05, 3.63) is 0 Å². The zero-order valence-corrected chi connectivity index (χ0v) is 9.47. The molecule has 0 aromatic heterocycles. The molecule has 0 bridgehead atoms. The largest absolute Gasteiger partial charge is 0.198 e. The molecule has 0 atom stereocenters. The van der Waals surface area contributed by atoms with Crippen molar-refractivity contribution < 1.29 is 0 Å². The van der Waals surface area contributed by atoms with E-state index in [4.69, 9.17) is 10.5 Å². The lowest BCUT2D eigenvalue weighted by Crippen LogP contribution is -2.19. The fourth-order valence-corrected chi connectivity index (χ4v) is 2.58. The molecule has 0 amide bonds. The van der Waals surface area contributed by atoms with Gasteiger partial charge in [-0.05, 0) is 18.3 Å². The standard InChI is InChI=1S/C13H20N2/c14-11-9-13(10-12-15)7-5-3-1-2-4-6-8-13/h1-10H2. The molecule has 1 saturated carbocycles. The molecular formula is C13H20N2. The summed E-state index contributed by atoms with van der Waals surface area (Å²) in [4.78, 5) is 0. The molecule has 2 heteroatoms. The second kappa shape index (κ2) is 6.46. The summed E-state index contributed by atoms with van der Waals surface area (Å²) >= 11 is 0. The first kappa shape index (κ1) is 12.1. The Bertz CT molecular complexity index is 229. The monoisotopic (exact) mass is 204 g/mol. The Morgan fingerprint density at radius 1 is 0.733 bits per heavy atom. The summed E-state index contributed by atoms with van der Waals surface area (Å²) in [7, 11) is 0. The minimum atomic E-state index is 0.0217. The Morgan fingerprint density at radius 2 is 1.13 bits per heavy atom. The number of hydrogen-bond acceptors (Lipinski definition) is 2. The fraction of sp³-hybridized carbons (Fsp3) is 0.846. The first-order valence-corrected chi connectivity index (χ1v) is 6.07. The van der Waals surface area contributed by atoms with Crippen LogP contribution >= 0.6 is 0 Å². The molecule has 0 aromatic rings. The van der Waals surface area contributed by atoms with Crippen molar-refractivity contribution in [1.29, 1.82) is 10.5 Å². The third-order valence-electron chi connectivity index (χ3n) is 3.57. The van der Waals surface area contributed by atoms with E-state index in [-0.39, 0.29) is 5.41 Å². The van der Waals surface area contributed by atoms with Crippen molar-refractivity contribution in [2.45, 2.75) is 64.2 Å². The van der Waals surface area contributed by atoms with Crippen molar-refractivity contribution in [1.82, 2.24) is 0 Å². The number of nitrogens with zero attached hydrogens (tertiary/aromatic N) is 2. The third kappa shape index (κ3) is 3.92. The van der Waals surface area contributed by atoms with Crippen LogP contribution in [0.4, 0.5) is 0 Å². The second-order valence-electron chi connectivity index (χ2n) is 4.79. The summed E-state index contributed by atoms with van der Waals surface area (Å²) in [5.41, 5.74) is 0.0217. The highest BCUT2D eigenvalue weighted by Crippen LogP contribution is 2.39. The molecule has 1 fully saturated rings. The lowest BCUT2D eigenvalue weighted by atomic mass is 9.74. The molecular weight excluding hydrogens is 184 g/mol. The highest BCUT2D eigenvalue weighted by molar-refractivity contribution is 4.95. The van der Waals surface area contributed by atoms with Gasteiger partial charge in [-0.2, -0.15) is 10.5 Å². The van der Waals surface area contributed by atoms with Crippen LogP contribution in [0, 0.1) is 28.1 Å². The number of rotatable bonds is 2. The lowest BCUT2D eigenvalue weighted by molar-refractivity contribution is 0.240. The van der Waals surface area contributed by atoms with Gasteiger partial charge in [-0.3, -0.25) is 0 Å². The number of nitriles is 2. The van der Waals surface area contributed by atoms with Crippen molar-refractivity contribution in [3.63, 3.8) is 0 Å². The summed E-state index contributed by atoms with van der Waals surface area (Å²) in [5.74, 6) is 0. The van der Waals surface area contributed by atoms with Crippen LogP contribution in [0.2, 0.25) is 0 Å². The van der Waals surface area contributed by atoms with Crippen LogP contribution in [0.1, 0.15) is 64.2 Å². The maximum atomic E-state index is 8.88. The van der Waals surface area contributed by atoms with Gasteiger partial charge in [-0.15, -0.1) is 0 Å². The fourth-order valence-electron chi connectivity index (χ4n) is 2.58. The molecule has 0 N–H and O–H groups in total. The van der Waals surface area contributed by atoms with E-state index in [1.807, 2.05) is 0 Å². The van der Waals surface area contributed by atoms with E-state index in [1.165, 1.54) is 38.5 Å². The quantitative estimate of drug-likeness (QED) is 0.684. The molecule has 1 aliphatic rings. The second-order valence-corrected chi connectivity index (χ2v) is 4.79. The maximum absolute atomic E-state index is 8.88. The third-order valence-corrected chi connectivity index (χ3v) is 3.57. The van der Waals surface area contributed by atoms with Crippen LogP contribution in [-0.4, -0.2) is 0 Å². The maximum Gasteiger partial charge on any atom is 0.0627 e. The van der Waals surface area contributed by atoms with Crippen molar-refractivity contribution in [3.8, 4) is 12.1 Å². The molecule has 0 aliphatic heterocycles. The molecule has 0 unspecified atom stereocenters. The molecule has 1 rings (SSSR count). The first-order chi connectivity index (χ1) is 7.33.